The molecule has 0 spiro atoms. The Hall–Kier alpha value is -1.57. The van der Waals surface area contributed by atoms with Gasteiger partial charge in [-0.05, 0) is 0 Å². The quantitative estimate of drug-likeness (QED) is 0.626. The van der Waals surface area contributed by atoms with Crippen molar-refractivity contribution in [3.63, 3.8) is 0 Å². The van der Waals surface area contributed by atoms with Gasteiger partial charge in [-0.2, -0.15) is 0 Å². The fourth-order valence-corrected chi connectivity index (χ4v) is 1.67. The molecule has 5 nitrogen and oxygen atoms in total. The molecule has 0 heterocycles. The van der Waals surface area contributed by atoms with Crippen LogP contribution in [0.5, 0.6) is 5.75 Å². The van der Waals surface area contributed by atoms with E-state index in [1.165, 1.54) is 18.2 Å². The van der Waals surface area contributed by atoms with Crippen LogP contribution in [0.2, 0.25) is 0 Å². The molecule has 0 aliphatic heterocycles. The number of aryl methyl sites for hydroxylation is 1. The van der Waals surface area contributed by atoms with E-state index in [1.54, 1.807) is 6.92 Å². The van der Waals surface area contributed by atoms with Crippen LogP contribution in [-0.4, -0.2) is 13.0 Å². The maximum atomic E-state index is 10.8. The Kier molecular flexibility index (Phi) is 2.75. The number of nitrogens with zero attached hydrogens (tertiary/aromatic N) is 1. The fraction of sp³-hybridized carbons (Fsp3) is 0.125. The SMILES string of the molecule is Cc1cc(O[Se](=O)(=O)C#N)ccc1N. The Morgan fingerprint density at radius 2 is 2.14 bits per heavy atom. The van der Waals surface area contributed by atoms with Gasteiger partial charge in [0.1, 0.15) is 0 Å². The van der Waals surface area contributed by atoms with Gasteiger partial charge >= 0.3 is 82.6 Å². The number of nitrogen functional groups attached to an aromatic ring is 1. The van der Waals surface area contributed by atoms with Gasteiger partial charge in [-0.15, -0.1) is 0 Å². The molecule has 0 unspecified atom stereocenters. The number of anilines is 1. The summed E-state index contributed by atoms with van der Waals surface area (Å²) in [4.78, 5) is 1.12. The van der Waals surface area contributed by atoms with Crippen molar-refractivity contribution in [2.24, 2.45) is 0 Å². The predicted octanol–water partition coefficient (Wildman–Crippen LogP) is 0.819. The first-order chi connectivity index (χ1) is 6.44. The van der Waals surface area contributed by atoms with Crippen LogP contribution in [0.15, 0.2) is 18.2 Å². The molecule has 0 radical (unpaired) electrons. The standard InChI is InChI=1S/C8H8N2O3Se/c1-6-4-7(2-3-8(6)10)13-14(11,12)5-9/h2-4H,10H2,1H3. The molecule has 1 aromatic rings. The van der Waals surface area contributed by atoms with Gasteiger partial charge in [-0.25, -0.2) is 0 Å². The van der Waals surface area contributed by atoms with Crippen LogP contribution < -0.4 is 9.55 Å². The zero-order valence-corrected chi connectivity index (χ0v) is 9.10. The molecule has 0 amide bonds. The molecule has 14 heavy (non-hydrogen) atoms. The Morgan fingerprint density at radius 3 is 2.64 bits per heavy atom. The Morgan fingerprint density at radius 1 is 1.50 bits per heavy atom. The van der Waals surface area contributed by atoms with Crippen LogP contribution in [0.3, 0.4) is 0 Å². The molecule has 0 bridgehead atoms. The first-order valence-corrected chi connectivity index (χ1v) is 6.61. The maximum absolute atomic E-state index is 10.8. The topological polar surface area (TPSA) is 93.2 Å². The van der Waals surface area contributed by atoms with Crippen molar-refractivity contribution in [2.75, 3.05) is 5.73 Å². The number of hydrogen-bond donors (Lipinski definition) is 1. The molecule has 0 aliphatic rings. The van der Waals surface area contributed by atoms with Crippen LogP contribution in [0.25, 0.3) is 0 Å². The summed E-state index contributed by atoms with van der Waals surface area (Å²) in [6.07, 6.45) is 0. The average Bonchev–Trinajstić information content (AvgIpc) is 2.11. The summed E-state index contributed by atoms with van der Waals surface area (Å²) < 4.78 is 26.2. The van der Waals surface area contributed by atoms with Gasteiger partial charge in [-0.3, -0.25) is 0 Å². The van der Waals surface area contributed by atoms with Crippen molar-refractivity contribution in [2.45, 2.75) is 6.92 Å². The normalized spacial score (nSPS) is 10.6. The molecule has 0 aromatic heterocycles. The van der Waals surface area contributed by atoms with E-state index < -0.39 is 13.0 Å². The van der Waals surface area contributed by atoms with Gasteiger partial charge in [0.15, 0.2) is 0 Å². The monoisotopic (exact) mass is 260 g/mol. The zero-order chi connectivity index (χ0) is 10.8. The zero-order valence-electron chi connectivity index (χ0n) is 7.39. The molecule has 6 heteroatoms. The van der Waals surface area contributed by atoms with Gasteiger partial charge in [0.2, 0.25) is 0 Å². The van der Waals surface area contributed by atoms with Crippen LogP contribution in [0, 0.1) is 17.2 Å². The summed E-state index contributed by atoms with van der Waals surface area (Å²) in [5.74, 6) is 0.114. The molecule has 1 rings (SSSR count). The molecule has 0 fully saturated rings. The van der Waals surface area contributed by atoms with Gasteiger partial charge in [0, 0.05) is 0 Å². The van der Waals surface area contributed by atoms with Crippen molar-refractivity contribution >= 4 is 18.7 Å². The second-order valence-corrected chi connectivity index (χ2v) is 5.29. The molecule has 2 N–H and O–H groups in total. The molecule has 1 aromatic carbocycles. The third-order valence-electron chi connectivity index (χ3n) is 1.56. The third-order valence-corrected chi connectivity index (χ3v) is 2.89. The Balaban J connectivity index is 3.02. The molecular formula is C8H8N2O3Se. The van der Waals surface area contributed by atoms with E-state index in [1.807, 2.05) is 0 Å². The minimum atomic E-state index is -4.87. The van der Waals surface area contributed by atoms with E-state index in [4.69, 9.17) is 11.0 Å². The second kappa shape index (κ2) is 3.66. The summed E-state index contributed by atoms with van der Waals surface area (Å²) in [6, 6.07) is 4.39. The molecule has 0 saturated carbocycles. The van der Waals surface area contributed by atoms with Crippen LogP contribution >= 0.6 is 0 Å². The molecule has 0 atom stereocenters. The predicted molar refractivity (Wildman–Crippen MR) is 49.0 cm³/mol. The Bertz CT molecular complexity index is 488. The summed E-state index contributed by atoms with van der Waals surface area (Å²) in [5, 5.41) is 8.22. The third kappa shape index (κ3) is 2.46. The number of nitrogens with two attached hydrogens (primary N) is 1. The van der Waals surface area contributed by atoms with E-state index in [0.717, 1.165) is 4.97 Å². The van der Waals surface area contributed by atoms with Crippen molar-refractivity contribution < 1.29 is 11.5 Å². The van der Waals surface area contributed by atoms with Crippen LogP contribution in [0.4, 0.5) is 5.69 Å². The van der Waals surface area contributed by atoms with E-state index in [9.17, 15) is 7.67 Å². The van der Waals surface area contributed by atoms with Crippen LogP contribution in [-0.2, 0) is 7.67 Å². The van der Waals surface area contributed by atoms with E-state index in [2.05, 4.69) is 3.82 Å². The first-order valence-electron chi connectivity index (χ1n) is 3.66. The van der Waals surface area contributed by atoms with Gasteiger partial charge in [-0.1, -0.05) is 0 Å². The summed E-state index contributed by atoms with van der Waals surface area (Å²) in [7, 11) is 0. The number of rotatable bonds is 2. The van der Waals surface area contributed by atoms with E-state index in [-0.39, 0.29) is 5.75 Å². The van der Waals surface area contributed by atoms with E-state index in [0.29, 0.717) is 11.3 Å². The number of benzene rings is 1. The first kappa shape index (κ1) is 10.5. The molecule has 0 aliphatic carbocycles. The van der Waals surface area contributed by atoms with Gasteiger partial charge in [0.25, 0.3) is 0 Å². The van der Waals surface area contributed by atoms with Gasteiger partial charge < -0.3 is 0 Å². The molecular weight excluding hydrogens is 251 g/mol. The van der Waals surface area contributed by atoms with Crippen molar-refractivity contribution in [3.8, 4) is 10.7 Å². The summed E-state index contributed by atoms with van der Waals surface area (Å²) in [5.41, 5.74) is 6.77. The van der Waals surface area contributed by atoms with Crippen LogP contribution in [0.1, 0.15) is 5.56 Å². The van der Waals surface area contributed by atoms with E-state index >= 15 is 0 Å². The summed E-state index contributed by atoms with van der Waals surface area (Å²) >= 11 is -4.87. The number of nitriles is 1. The van der Waals surface area contributed by atoms with Crippen molar-refractivity contribution in [1.82, 2.24) is 0 Å². The van der Waals surface area contributed by atoms with Gasteiger partial charge in [0.05, 0.1) is 0 Å². The second-order valence-electron chi connectivity index (χ2n) is 2.65. The Labute approximate surface area is 83.0 Å². The van der Waals surface area contributed by atoms with Crippen molar-refractivity contribution in [1.29, 1.82) is 5.26 Å². The summed E-state index contributed by atoms with van der Waals surface area (Å²) in [6.45, 7) is 1.72. The fourth-order valence-electron chi connectivity index (χ4n) is 0.845. The van der Waals surface area contributed by atoms with Crippen molar-refractivity contribution in [3.05, 3.63) is 23.8 Å². The molecule has 0 saturated heterocycles. The average molecular weight is 259 g/mol. The molecule has 74 valence electrons. The number of hydrogen-bond acceptors (Lipinski definition) is 5. The minimum absolute atomic E-state index is 0.114.